The minimum Gasteiger partial charge on any atom is -0.309 e. The van der Waals surface area contributed by atoms with E-state index in [-0.39, 0.29) is 57.6 Å². The predicted molar refractivity (Wildman–Crippen MR) is 229 cm³/mol. The Labute approximate surface area is 323 Å². The predicted octanol–water partition coefficient (Wildman–Crippen LogP) is 14.0. The first kappa shape index (κ1) is 24.2. The van der Waals surface area contributed by atoms with Gasteiger partial charge in [-0.1, -0.05) is 145 Å². The fraction of sp³-hybridized carbons (Fsp3) is 0. The van der Waals surface area contributed by atoms with Gasteiger partial charge in [0.15, 0.2) is 0 Å². The van der Waals surface area contributed by atoms with Crippen LogP contribution in [-0.2, 0) is 0 Å². The van der Waals surface area contributed by atoms with Crippen LogP contribution in [-0.4, -0.2) is 9.13 Å². The van der Waals surface area contributed by atoms with Gasteiger partial charge in [0.2, 0.25) is 0 Å². The van der Waals surface area contributed by atoms with E-state index in [0.717, 1.165) is 60.5 Å². The van der Waals surface area contributed by atoms with Crippen molar-refractivity contribution in [1.82, 2.24) is 9.13 Å². The van der Waals surface area contributed by atoms with Gasteiger partial charge in [-0.05, 0) is 105 Å². The Hall–Kier alpha value is -7.16. The lowest BCUT2D eigenvalue weighted by molar-refractivity contribution is 1.18. The van der Waals surface area contributed by atoms with E-state index in [0.29, 0.717) is 11.3 Å². The van der Waals surface area contributed by atoms with Gasteiger partial charge in [0.1, 0.15) is 0 Å². The van der Waals surface area contributed by atoms with Crippen molar-refractivity contribution >= 4 is 54.4 Å². The normalized spacial score (nSPS) is 13.5. The van der Waals surface area contributed by atoms with Crippen LogP contribution in [0.2, 0.25) is 0 Å². The summed E-state index contributed by atoms with van der Waals surface area (Å²) in [6, 6.07) is 52.9. The smallest absolute Gasteiger partial charge is 0.0645 e. The van der Waals surface area contributed by atoms with Gasteiger partial charge in [-0.15, -0.1) is 0 Å². The van der Waals surface area contributed by atoms with Gasteiger partial charge < -0.3 is 9.13 Å². The van der Waals surface area contributed by atoms with Crippen molar-refractivity contribution in [2.24, 2.45) is 0 Å². The molecule has 2 aromatic heterocycles. The zero-order valence-electron chi connectivity index (χ0n) is 36.0. The summed E-state index contributed by atoms with van der Waals surface area (Å²) in [6.45, 7) is 0. The molecule has 0 saturated heterocycles. The second-order valence-corrected chi connectivity index (χ2v) is 13.6. The van der Waals surface area contributed by atoms with E-state index in [1.807, 2.05) is 97.1 Å². The third-order valence-corrected chi connectivity index (χ3v) is 10.5. The molecule has 11 rings (SSSR count). The van der Waals surface area contributed by atoms with E-state index in [1.165, 1.54) is 0 Å². The molecule has 0 bridgehead atoms. The lowest BCUT2D eigenvalue weighted by atomic mass is 9.97. The topological polar surface area (TPSA) is 9.86 Å². The van der Waals surface area contributed by atoms with Gasteiger partial charge >= 0.3 is 0 Å². The molecule has 0 aliphatic carbocycles. The van der Waals surface area contributed by atoms with Crippen LogP contribution >= 0.6 is 0 Å². The fourth-order valence-corrected chi connectivity index (χ4v) is 8.05. The molecule has 0 spiro atoms. The molecule has 11 aromatic rings. The van der Waals surface area contributed by atoms with Crippen LogP contribution in [0, 0.1) is 0 Å². The average molecular weight is 694 g/mol. The number of fused-ring (bicyclic) bond motifs is 7. The lowest BCUT2D eigenvalue weighted by Crippen LogP contribution is -1.94. The Morgan fingerprint density at radius 1 is 0.333 bits per heavy atom. The highest BCUT2D eigenvalue weighted by molar-refractivity contribution is 6.13. The lowest BCUT2D eigenvalue weighted by Gasteiger charge is -2.11. The molecule has 9 aromatic carbocycles. The van der Waals surface area contributed by atoms with Crippen molar-refractivity contribution in [3.8, 4) is 44.8 Å². The molecule has 0 N–H and O–H groups in total. The molecule has 0 atom stereocenters. The van der Waals surface area contributed by atoms with Gasteiger partial charge in [-0.25, -0.2) is 0 Å². The molecule has 0 saturated carbocycles. The Bertz CT molecular complexity index is 3600. The molecular formula is C52H34N2. The second-order valence-electron chi connectivity index (χ2n) is 13.6. The van der Waals surface area contributed by atoms with E-state index in [2.05, 4.69) is 71.3 Å². The molecule has 2 nitrogen and oxygen atoms in total. The summed E-state index contributed by atoms with van der Waals surface area (Å²) in [5.41, 5.74) is 8.65. The summed E-state index contributed by atoms with van der Waals surface area (Å²) in [5, 5.41) is 4.57. The highest BCUT2D eigenvalue weighted by atomic mass is 15.0. The minimum absolute atomic E-state index is 0.0756. The minimum atomic E-state index is -0.421. The largest absolute Gasteiger partial charge is 0.309 e. The molecule has 0 aliphatic heterocycles. The third-order valence-electron chi connectivity index (χ3n) is 10.5. The van der Waals surface area contributed by atoms with Crippen LogP contribution in [0.5, 0.6) is 0 Å². The summed E-state index contributed by atoms with van der Waals surface area (Å²) in [6.07, 6.45) is 0. The van der Waals surface area contributed by atoms with Crippen LogP contribution in [0.1, 0.15) is 9.60 Å². The molecule has 2 heterocycles. The zero-order chi connectivity index (χ0) is 41.7. The number of nitrogens with zero attached hydrogens (tertiary/aromatic N) is 2. The molecule has 54 heavy (non-hydrogen) atoms. The molecular weight excluding hydrogens is 653 g/mol. The van der Waals surface area contributed by atoms with Crippen molar-refractivity contribution in [3.63, 3.8) is 0 Å². The van der Waals surface area contributed by atoms with Gasteiger partial charge in [-0.2, -0.15) is 0 Å². The molecule has 0 unspecified atom stereocenters. The van der Waals surface area contributed by atoms with Crippen molar-refractivity contribution in [1.29, 1.82) is 0 Å². The molecule has 252 valence electrons. The molecule has 2 heteroatoms. The number of rotatable bonds is 5. The van der Waals surface area contributed by atoms with Gasteiger partial charge in [0.25, 0.3) is 0 Å². The van der Waals surface area contributed by atoms with E-state index in [4.69, 9.17) is 5.48 Å². The SMILES string of the molecule is [2H]c1c([2H])c([2H])c2c(c1[2H])c1c([2H])c(-c3ccc4c(c3)c3ccc(-c5cccc6ccccc56)cc3n4-c3ccccc3)c([2H])c([2H])c1n2-c1cccc(-c2ccccc2)c1. The Morgan fingerprint density at radius 2 is 1.02 bits per heavy atom. The van der Waals surface area contributed by atoms with E-state index in [1.54, 1.807) is 4.57 Å². The summed E-state index contributed by atoms with van der Waals surface area (Å²) in [4.78, 5) is 0. The summed E-state index contributed by atoms with van der Waals surface area (Å²) in [5.74, 6) is 0. The van der Waals surface area contributed by atoms with E-state index < -0.39 is 12.1 Å². The number of para-hydroxylation sites is 2. The van der Waals surface area contributed by atoms with Crippen LogP contribution in [0.15, 0.2) is 206 Å². The summed E-state index contributed by atoms with van der Waals surface area (Å²) >= 11 is 0. The number of benzene rings is 9. The average Bonchev–Trinajstić information content (AvgIpc) is 3.84. The maximum atomic E-state index is 9.87. The highest BCUT2D eigenvalue weighted by Crippen LogP contribution is 2.40. The Balaban J connectivity index is 1.18. The van der Waals surface area contributed by atoms with E-state index >= 15 is 0 Å². The van der Waals surface area contributed by atoms with Crippen molar-refractivity contribution < 1.29 is 9.60 Å². The molecule has 0 radical (unpaired) electrons. The van der Waals surface area contributed by atoms with Crippen molar-refractivity contribution in [2.45, 2.75) is 0 Å². The second kappa shape index (κ2) is 12.2. The van der Waals surface area contributed by atoms with Crippen LogP contribution < -0.4 is 0 Å². The van der Waals surface area contributed by atoms with Crippen molar-refractivity contribution in [2.75, 3.05) is 0 Å². The fourth-order valence-electron chi connectivity index (χ4n) is 8.05. The molecule has 0 aliphatic rings. The first-order valence-corrected chi connectivity index (χ1v) is 18.0. The summed E-state index contributed by atoms with van der Waals surface area (Å²) < 4.78 is 68.6. The van der Waals surface area contributed by atoms with Crippen LogP contribution in [0.25, 0.3) is 99.1 Å². The van der Waals surface area contributed by atoms with E-state index in [9.17, 15) is 4.11 Å². The Morgan fingerprint density at radius 3 is 1.93 bits per heavy atom. The summed E-state index contributed by atoms with van der Waals surface area (Å²) in [7, 11) is 0. The zero-order valence-corrected chi connectivity index (χ0v) is 29.0. The van der Waals surface area contributed by atoms with Gasteiger partial charge in [-0.3, -0.25) is 0 Å². The van der Waals surface area contributed by atoms with Crippen LogP contribution in [0.3, 0.4) is 0 Å². The van der Waals surface area contributed by atoms with Gasteiger partial charge in [0.05, 0.1) is 31.7 Å². The first-order valence-electron chi connectivity index (χ1n) is 21.5. The molecule has 0 amide bonds. The number of hydrogen-bond acceptors (Lipinski definition) is 0. The Kier molecular flexibility index (Phi) is 5.47. The standard InChI is InChI=1S/C52H34N2/c1-3-13-35(14-4-1)37-17-11-20-42(31-37)54-49-24-10-9-22-45(49)47-32-38(27-30-51(47)54)39-26-29-50-48(33-39)46-28-25-40(34-52(46)53(50)41-18-5-2-6-19-41)44-23-12-16-36-15-7-8-21-43(36)44/h1-34H/i9D,10D,22D,24D,27D,30D,32D. The number of aromatic nitrogens is 2. The maximum Gasteiger partial charge on any atom is 0.0645 e. The first-order chi connectivity index (χ1) is 29.7. The third kappa shape index (κ3) is 4.81. The quantitative estimate of drug-likeness (QED) is 0.170. The molecule has 0 fully saturated rings. The van der Waals surface area contributed by atoms with Crippen LogP contribution in [0.4, 0.5) is 0 Å². The highest BCUT2D eigenvalue weighted by Gasteiger charge is 2.17. The van der Waals surface area contributed by atoms with Crippen molar-refractivity contribution in [3.05, 3.63) is 206 Å². The maximum absolute atomic E-state index is 9.87. The number of hydrogen-bond donors (Lipinski definition) is 0. The van der Waals surface area contributed by atoms with Gasteiger partial charge in [0, 0.05) is 32.9 Å². The monoisotopic (exact) mass is 693 g/mol.